The molecule has 6 heteroatoms. The predicted octanol–water partition coefficient (Wildman–Crippen LogP) is 4.06. The zero-order valence-electron chi connectivity index (χ0n) is 12.3. The lowest BCUT2D eigenvalue weighted by molar-refractivity contribution is 0.412. The minimum atomic E-state index is 0.317. The number of anilines is 1. The van der Waals surface area contributed by atoms with E-state index in [1.54, 1.807) is 7.11 Å². The number of aromatic nitrogens is 1. The summed E-state index contributed by atoms with van der Waals surface area (Å²) in [5.74, 6) is 1.43. The summed E-state index contributed by atoms with van der Waals surface area (Å²) in [6, 6.07) is 10.4. The average molecular weight is 334 g/mol. The summed E-state index contributed by atoms with van der Waals surface area (Å²) in [4.78, 5) is 2.22. The molecule has 0 spiro atoms. The molecule has 0 atom stereocenters. The van der Waals surface area contributed by atoms with Gasteiger partial charge in [0, 0.05) is 13.1 Å². The summed E-state index contributed by atoms with van der Waals surface area (Å²) >= 11 is 7.27. The first-order valence-corrected chi connectivity index (χ1v) is 8.32. The van der Waals surface area contributed by atoms with Crippen LogP contribution in [0.1, 0.15) is 29.9 Å². The highest BCUT2D eigenvalue weighted by atomic mass is 35.5. The lowest BCUT2D eigenvalue weighted by Crippen LogP contribution is -2.32. The second-order valence-electron chi connectivity index (χ2n) is 5.30. The van der Waals surface area contributed by atoms with Crippen molar-refractivity contribution < 1.29 is 4.74 Å². The molecule has 0 unspecified atom stereocenters. The van der Waals surface area contributed by atoms with E-state index in [1.165, 1.54) is 17.1 Å². The Balaban J connectivity index is 1.71. The number of methoxy groups -OCH3 is 1. The van der Waals surface area contributed by atoms with Gasteiger partial charge in [0.2, 0.25) is 0 Å². The number of hydrogen-bond donors (Lipinski definition) is 0. The molecule has 114 valence electrons. The van der Waals surface area contributed by atoms with Crippen LogP contribution in [-0.2, 0) is 0 Å². The molecule has 2 aromatic rings. The Hall–Kier alpha value is -1.77. The maximum Gasteiger partial charge on any atom is 0.162 e. The van der Waals surface area contributed by atoms with Crippen LogP contribution in [0.4, 0.5) is 5.00 Å². The summed E-state index contributed by atoms with van der Waals surface area (Å²) in [6.07, 6.45) is 2.10. The molecule has 0 bridgehead atoms. The molecule has 0 aliphatic carbocycles. The normalized spacial score (nSPS) is 15.6. The van der Waals surface area contributed by atoms with Gasteiger partial charge in [-0.3, -0.25) is 0 Å². The van der Waals surface area contributed by atoms with Crippen LogP contribution < -0.4 is 9.64 Å². The SMILES string of the molecule is COc1cccc(C2CCN(c3snc(Cl)c3C#N)CC2)c1. The summed E-state index contributed by atoms with van der Waals surface area (Å²) in [5.41, 5.74) is 1.83. The first-order chi connectivity index (χ1) is 10.7. The van der Waals surface area contributed by atoms with E-state index in [-0.39, 0.29) is 0 Å². The molecule has 2 heterocycles. The van der Waals surface area contributed by atoms with Gasteiger partial charge in [0.1, 0.15) is 22.4 Å². The Labute approximate surface area is 139 Å². The van der Waals surface area contributed by atoms with Crippen molar-refractivity contribution in [2.75, 3.05) is 25.1 Å². The van der Waals surface area contributed by atoms with Crippen LogP contribution in [-0.4, -0.2) is 24.6 Å². The zero-order valence-corrected chi connectivity index (χ0v) is 13.8. The fourth-order valence-corrected chi connectivity index (χ4v) is 3.96. The van der Waals surface area contributed by atoms with Crippen molar-refractivity contribution in [1.82, 2.24) is 4.37 Å². The Morgan fingerprint density at radius 2 is 2.18 bits per heavy atom. The molecule has 4 nitrogen and oxygen atoms in total. The number of ether oxygens (including phenoxy) is 1. The van der Waals surface area contributed by atoms with Gasteiger partial charge < -0.3 is 9.64 Å². The maximum absolute atomic E-state index is 9.20. The molecule has 22 heavy (non-hydrogen) atoms. The number of rotatable bonds is 3. The Kier molecular flexibility index (Phi) is 4.51. The van der Waals surface area contributed by atoms with Gasteiger partial charge in [0.05, 0.1) is 7.11 Å². The van der Waals surface area contributed by atoms with Gasteiger partial charge in [-0.2, -0.15) is 9.64 Å². The number of nitrogens with zero attached hydrogens (tertiary/aromatic N) is 3. The van der Waals surface area contributed by atoms with Crippen molar-refractivity contribution in [3.63, 3.8) is 0 Å². The monoisotopic (exact) mass is 333 g/mol. The van der Waals surface area contributed by atoms with Crippen LogP contribution in [0, 0.1) is 11.3 Å². The minimum absolute atomic E-state index is 0.317. The molecule has 1 aliphatic rings. The quantitative estimate of drug-likeness (QED) is 0.849. The molecule has 1 aromatic carbocycles. The maximum atomic E-state index is 9.20. The van der Waals surface area contributed by atoms with Crippen LogP contribution in [0.15, 0.2) is 24.3 Å². The topological polar surface area (TPSA) is 49.1 Å². The van der Waals surface area contributed by atoms with Crippen molar-refractivity contribution in [2.24, 2.45) is 0 Å². The van der Waals surface area contributed by atoms with Crippen molar-refractivity contribution >= 4 is 28.1 Å². The predicted molar refractivity (Wildman–Crippen MR) is 89.0 cm³/mol. The number of nitriles is 1. The molecule has 0 amide bonds. The number of halogens is 1. The first kappa shape index (κ1) is 15.1. The highest BCUT2D eigenvalue weighted by molar-refractivity contribution is 7.10. The largest absolute Gasteiger partial charge is 0.497 e. The van der Waals surface area contributed by atoms with E-state index >= 15 is 0 Å². The van der Waals surface area contributed by atoms with Crippen molar-refractivity contribution in [3.8, 4) is 11.8 Å². The van der Waals surface area contributed by atoms with Crippen molar-refractivity contribution in [3.05, 3.63) is 40.5 Å². The van der Waals surface area contributed by atoms with Gasteiger partial charge in [-0.15, -0.1) is 0 Å². The van der Waals surface area contributed by atoms with E-state index in [0.717, 1.165) is 36.7 Å². The lowest BCUT2D eigenvalue weighted by Gasteiger charge is -2.32. The van der Waals surface area contributed by atoms with E-state index in [4.69, 9.17) is 16.3 Å². The van der Waals surface area contributed by atoms with Crippen LogP contribution in [0.5, 0.6) is 5.75 Å². The molecular formula is C16H16ClN3OS. The van der Waals surface area contributed by atoms with Gasteiger partial charge in [-0.1, -0.05) is 23.7 Å². The van der Waals surface area contributed by atoms with Crippen LogP contribution in [0.3, 0.4) is 0 Å². The van der Waals surface area contributed by atoms with Crippen LogP contribution in [0.2, 0.25) is 5.15 Å². The smallest absolute Gasteiger partial charge is 0.162 e. The molecule has 1 aromatic heterocycles. The van der Waals surface area contributed by atoms with Crippen LogP contribution >= 0.6 is 23.1 Å². The fourth-order valence-electron chi connectivity index (χ4n) is 2.88. The Morgan fingerprint density at radius 3 is 2.86 bits per heavy atom. The summed E-state index contributed by atoms with van der Waals surface area (Å²) in [6.45, 7) is 1.82. The van der Waals surface area contributed by atoms with Gasteiger partial charge in [-0.05, 0) is 48.0 Å². The van der Waals surface area contributed by atoms with Gasteiger partial charge >= 0.3 is 0 Å². The van der Waals surface area contributed by atoms with Gasteiger partial charge in [0.15, 0.2) is 5.15 Å². The number of benzene rings is 1. The first-order valence-electron chi connectivity index (χ1n) is 7.17. The molecule has 0 saturated carbocycles. The molecular weight excluding hydrogens is 318 g/mol. The number of hydrogen-bond acceptors (Lipinski definition) is 5. The Morgan fingerprint density at radius 1 is 1.41 bits per heavy atom. The van der Waals surface area contributed by atoms with E-state index in [2.05, 4.69) is 27.5 Å². The highest BCUT2D eigenvalue weighted by Crippen LogP contribution is 2.36. The molecule has 0 N–H and O–H groups in total. The summed E-state index contributed by atoms with van der Waals surface area (Å²) < 4.78 is 9.39. The third-order valence-corrected chi connectivity index (χ3v) is 5.37. The molecule has 1 saturated heterocycles. The van der Waals surface area contributed by atoms with Crippen molar-refractivity contribution in [1.29, 1.82) is 5.26 Å². The molecule has 3 rings (SSSR count). The third-order valence-electron chi connectivity index (χ3n) is 4.09. The second kappa shape index (κ2) is 6.55. The fraction of sp³-hybridized carbons (Fsp3) is 0.375. The van der Waals surface area contributed by atoms with E-state index in [9.17, 15) is 5.26 Å². The lowest BCUT2D eigenvalue weighted by atomic mass is 9.89. The number of piperidine rings is 1. The zero-order chi connectivity index (χ0) is 15.5. The van der Waals surface area contributed by atoms with E-state index in [0.29, 0.717) is 16.6 Å². The highest BCUT2D eigenvalue weighted by Gasteiger charge is 2.25. The van der Waals surface area contributed by atoms with E-state index in [1.807, 2.05) is 12.1 Å². The van der Waals surface area contributed by atoms with Gasteiger partial charge in [0.25, 0.3) is 0 Å². The van der Waals surface area contributed by atoms with Crippen molar-refractivity contribution in [2.45, 2.75) is 18.8 Å². The third kappa shape index (κ3) is 2.90. The summed E-state index contributed by atoms with van der Waals surface area (Å²) in [7, 11) is 1.69. The van der Waals surface area contributed by atoms with E-state index < -0.39 is 0 Å². The standard InChI is InChI=1S/C16H16ClN3OS/c1-21-13-4-2-3-12(9-13)11-5-7-20(8-6-11)16-14(10-18)15(17)19-22-16/h2-4,9,11H,5-8H2,1H3. The summed E-state index contributed by atoms with van der Waals surface area (Å²) in [5, 5.41) is 10.4. The average Bonchev–Trinajstić information content (AvgIpc) is 2.95. The van der Waals surface area contributed by atoms with Crippen LogP contribution in [0.25, 0.3) is 0 Å². The van der Waals surface area contributed by atoms with Gasteiger partial charge in [-0.25, -0.2) is 0 Å². The molecule has 1 fully saturated rings. The minimum Gasteiger partial charge on any atom is -0.497 e. The Bertz CT molecular complexity index is 702. The molecule has 0 radical (unpaired) electrons. The molecule has 1 aliphatic heterocycles. The second-order valence-corrected chi connectivity index (χ2v) is 6.41.